The molecule has 1 aliphatic rings. The maximum absolute atomic E-state index is 12.2. The molecule has 1 atom stereocenters. The first-order valence-corrected chi connectivity index (χ1v) is 24.2. The van der Waals surface area contributed by atoms with Gasteiger partial charge in [-0.05, 0) is 68.8 Å². The normalized spacial score (nSPS) is 14.6. The van der Waals surface area contributed by atoms with E-state index in [9.17, 15) is 4.79 Å². The molecule has 1 heterocycles. The molecule has 4 aromatic rings. The molecule has 4 aromatic carbocycles. The van der Waals surface area contributed by atoms with Crippen molar-refractivity contribution in [1.82, 2.24) is 0 Å². The maximum Gasteiger partial charge on any atom is 0.180 e. The third kappa shape index (κ3) is 11.5. The lowest BCUT2D eigenvalue weighted by molar-refractivity contribution is 0.112. The number of hydrogen-bond donors (Lipinski definition) is 0. The smallest absolute Gasteiger partial charge is 0.180 e. The van der Waals surface area contributed by atoms with Crippen molar-refractivity contribution in [3.8, 4) is 16.9 Å². The molecular weight excluding hydrogens is 673 g/mol. The highest BCUT2D eigenvalue weighted by molar-refractivity contribution is 7.22. The lowest BCUT2D eigenvalue weighted by Gasteiger charge is -2.32. The van der Waals surface area contributed by atoms with E-state index in [4.69, 9.17) is 4.74 Å². The standard InChI is InChI=1S/C51H70O2Si/c1-3-5-7-9-11-13-14-15-16-17-18-20-22-26-39-53-45-34-36-46(37-35-45)54(47-30-27-29-43(40-47)28-23-21-19-12-10-8-6-4-2)50-32-25-24-31-48(50)49-38-33-44(42-52)41-51(49)54/h24-25,27,29-38,40-42H,3-23,26,28,39H2,1-2H3. The number of carbonyl (C=O) groups excluding carboxylic acids is 1. The second-order valence-electron chi connectivity index (χ2n) is 16.1. The van der Waals surface area contributed by atoms with Gasteiger partial charge in [-0.2, -0.15) is 0 Å². The molecule has 1 aliphatic heterocycles. The zero-order valence-electron chi connectivity index (χ0n) is 34.0. The largest absolute Gasteiger partial charge is 0.494 e. The van der Waals surface area contributed by atoms with E-state index in [1.165, 1.54) is 172 Å². The topological polar surface area (TPSA) is 26.3 Å². The summed E-state index contributed by atoms with van der Waals surface area (Å²) in [4.78, 5) is 12.2. The van der Waals surface area contributed by atoms with Gasteiger partial charge in [0.25, 0.3) is 0 Å². The van der Waals surface area contributed by atoms with E-state index in [0.29, 0.717) is 0 Å². The summed E-state index contributed by atoms with van der Waals surface area (Å²) in [5.74, 6) is 0.953. The Bertz CT molecular complexity index is 1660. The fraction of sp³-hybridized carbons (Fsp3) is 0.510. The molecule has 0 amide bonds. The minimum Gasteiger partial charge on any atom is -0.494 e. The molecule has 0 fully saturated rings. The average molecular weight is 743 g/mol. The highest BCUT2D eigenvalue weighted by Crippen LogP contribution is 2.30. The first kappa shape index (κ1) is 41.7. The second kappa shape index (κ2) is 23.5. The molecule has 54 heavy (non-hydrogen) atoms. The number of carbonyl (C=O) groups is 1. The summed E-state index contributed by atoms with van der Waals surface area (Å²) < 4.78 is 6.32. The fourth-order valence-electron chi connectivity index (χ4n) is 8.87. The minimum atomic E-state index is -2.69. The molecule has 0 saturated heterocycles. The van der Waals surface area contributed by atoms with Gasteiger partial charge in [0.15, 0.2) is 8.07 Å². The van der Waals surface area contributed by atoms with Crippen LogP contribution in [0.1, 0.15) is 171 Å². The van der Waals surface area contributed by atoms with Gasteiger partial charge < -0.3 is 4.74 Å². The first-order chi connectivity index (χ1) is 26.7. The molecule has 0 spiro atoms. The molecule has 3 heteroatoms. The Morgan fingerprint density at radius 2 is 1.04 bits per heavy atom. The predicted octanol–water partition coefficient (Wildman–Crippen LogP) is 12.4. The van der Waals surface area contributed by atoms with Crippen molar-refractivity contribution >= 4 is 35.1 Å². The van der Waals surface area contributed by atoms with E-state index in [-0.39, 0.29) is 0 Å². The van der Waals surface area contributed by atoms with E-state index in [1.54, 1.807) is 0 Å². The van der Waals surface area contributed by atoms with Crippen LogP contribution < -0.4 is 25.5 Å². The summed E-state index contributed by atoms with van der Waals surface area (Å²) >= 11 is 0. The molecule has 2 nitrogen and oxygen atoms in total. The van der Waals surface area contributed by atoms with E-state index in [1.807, 2.05) is 6.07 Å². The quantitative estimate of drug-likeness (QED) is 0.0290. The van der Waals surface area contributed by atoms with Crippen molar-refractivity contribution in [3.63, 3.8) is 0 Å². The van der Waals surface area contributed by atoms with E-state index < -0.39 is 8.07 Å². The molecule has 0 radical (unpaired) electrons. The van der Waals surface area contributed by atoms with Crippen molar-refractivity contribution in [1.29, 1.82) is 0 Å². The Morgan fingerprint density at radius 1 is 0.481 bits per heavy atom. The number of fused-ring (bicyclic) bond motifs is 3. The van der Waals surface area contributed by atoms with Crippen molar-refractivity contribution in [3.05, 3.63) is 102 Å². The Morgan fingerprint density at radius 3 is 1.65 bits per heavy atom. The van der Waals surface area contributed by atoms with Crippen LogP contribution in [0.4, 0.5) is 0 Å². The van der Waals surface area contributed by atoms with E-state index >= 15 is 0 Å². The lowest BCUT2D eigenvalue weighted by atomic mass is 10.0. The van der Waals surface area contributed by atoms with Crippen LogP contribution in [0.15, 0.2) is 91.0 Å². The number of rotatable bonds is 28. The molecule has 0 aliphatic carbocycles. The number of aldehydes is 1. The van der Waals surface area contributed by atoms with Crippen LogP contribution in [-0.4, -0.2) is 21.0 Å². The lowest BCUT2D eigenvalue weighted by Crippen LogP contribution is -2.72. The van der Waals surface area contributed by atoms with Crippen LogP contribution in [0.25, 0.3) is 11.1 Å². The Labute approximate surface area is 330 Å². The summed E-state index contributed by atoms with van der Waals surface area (Å²) in [7, 11) is -2.69. The summed E-state index contributed by atoms with van der Waals surface area (Å²) in [5, 5.41) is 5.51. The first-order valence-electron chi connectivity index (χ1n) is 22.2. The van der Waals surface area contributed by atoms with Gasteiger partial charge in [-0.1, -0.05) is 221 Å². The van der Waals surface area contributed by atoms with Gasteiger partial charge in [0.2, 0.25) is 0 Å². The van der Waals surface area contributed by atoms with Crippen LogP contribution in [0.2, 0.25) is 0 Å². The number of benzene rings is 4. The minimum absolute atomic E-state index is 0.752. The molecule has 290 valence electrons. The third-order valence-corrected chi connectivity index (χ3v) is 16.8. The molecule has 0 bridgehead atoms. The maximum atomic E-state index is 12.2. The zero-order valence-corrected chi connectivity index (χ0v) is 35.0. The molecule has 0 N–H and O–H groups in total. The van der Waals surface area contributed by atoms with Crippen LogP contribution in [0, 0.1) is 0 Å². The van der Waals surface area contributed by atoms with Crippen molar-refractivity contribution in [2.24, 2.45) is 0 Å². The molecule has 1 unspecified atom stereocenters. The second-order valence-corrected chi connectivity index (χ2v) is 19.8. The summed E-state index contributed by atoms with van der Waals surface area (Å²) in [5.41, 5.74) is 4.76. The molecule has 5 rings (SSSR count). The van der Waals surface area contributed by atoms with Gasteiger partial charge in [0, 0.05) is 5.56 Å². The van der Waals surface area contributed by atoms with Crippen molar-refractivity contribution in [2.45, 2.75) is 162 Å². The van der Waals surface area contributed by atoms with Crippen LogP contribution in [0.3, 0.4) is 0 Å². The number of aryl methyl sites for hydroxylation is 1. The zero-order chi connectivity index (χ0) is 37.7. The van der Waals surface area contributed by atoms with Gasteiger partial charge in [0.1, 0.15) is 12.0 Å². The SMILES string of the molecule is CCCCCCCCCCCCCCCCOc1ccc([Si]2(c3cccc(CCCCCCCCCC)c3)c3ccccc3-c3ccc(C=O)cc32)cc1. The van der Waals surface area contributed by atoms with Gasteiger partial charge in [0.05, 0.1) is 6.61 Å². The van der Waals surface area contributed by atoms with Gasteiger partial charge in [-0.3, -0.25) is 4.79 Å². The average Bonchev–Trinajstić information content (AvgIpc) is 3.51. The van der Waals surface area contributed by atoms with Crippen molar-refractivity contribution < 1.29 is 9.53 Å². The summed E-state index contributed by atoms with van der Waals surface area (Å²) in [6.07, 6.45) is 31.9. The molecular formula is C51H70O2Si. The number of hydrogen-bond acceptors (Lipinski definition) is 2. The number of ether oxygens (including phenoxy) is 1. The number of unbranched alkanes of at least 4 members (excludes halogenated alkanes) is 20. The Balaban J connectivity index is 1.22. The third-order valence-electron chi connectivity index (χ3n) is 11.9. The molecule has 0 saturated carbocycles. The van der Waals surface area contributed by atoms with Crippen LogP contribution in [-0.2, 0) is 6.42 Å². The summed E-state index contributed by atoms with van der Waals surface area (Å²) in [6.45, 7) is 5.36. The van der Waals surface area contributed by atoms with Crippen LogP contribution in [0.5, 0.6) is 5.75 Å². The van der Waals surface area contributed by atoms with Crippen LogP contribution >= 0.6 is 0 Å². The summed E-state index contributed by atoms with van der Waals surface area (Å²) in [6, 6.07) is 33.9. The van der Waals surface area contributed by atoms with Gasteiger partial charge >= 0.3 is 0 Å². The van der Waals surface area contributed by atoms with Gasteiger partial charge in [-0.15, -0.1) is 0 Å². The van der Waals surface area contributed by atoms with E-state index in [2.05, 4.69) is 98.8 Å². The highest BCUT2D eigenvalue weighted by Gasteiger charge is 2.48. The van der Waals surface area contributed by atoms with E-state index in [0.717, 1.165) is 37.0 Å². The monoisotopic (exact) mass is 743 g/mol. The predicted molar refractivity (Wildman–Crippen MR) is 237 cm³/mol. The van der Waals surface area contributed by atoms with Crippen molar-refractivity contribution in [2.75, 3.05) is 6.61 Å². The Hall–Kier alpha value is -3.43. The highest BCUT2D eigenvalue weighted by atomic mass is 28.3. The Kier molecular flexibility index (Phi) is 18.1. The fourth-order valence-corrected chi connectivity index (χ4v) is 14.1. The van der Waals surface area contributed by atoms with Gasteiger partial charge in [-0.25, -0.2) is 0 Å². The molecule has 0 aromatic heterocycles.